The molecule has 0 saturated heterocycles. The number of allylic oxidation sites excluding steroid dienone is 1. The van der Waals surface area contributed by atoms with E-state index in [0.29, 0.717) is 28.5 Å². The van der Waals surface area contributed by atoms with Gasteiger partial charge in [-0.2, -0.15) is 0 Å². The molecular formula is C21H23ClO2. The Balaban J connectivity index is 1.76. The molecule has 24 heavy (non-hydrogen) atoms. The molecular weight excluding hydrogens is 320 g/mol. The number of aromatic hydroxyl groups is 1. The Bertz CT molecular complexity index is 762. The van der Waals surface area contributed by atoms with Gasteiger partial charge in [0.05, 0.1) is 5.03 Å². The fraction of sp³-hybridized carbons (Fsp3) is 0.524. The van der Waals surface area contributed by atoms with E-state index in [1.165, 1.54) is 11.1 Å². The van der Waals surface area contributed by atoms with Gasteiger partial charge in [0, 0.05) is 5.41 Å². The van der Waals surface area contributed by atoms with E-state index >= 15 is 0 Å². The zero-order valence-electron chi connectivity index (χ0n) is 13.9. The maximum atomic E-state index is 11.2. The number of phenols is 1. The topological polar surface area (TPSA) is 40.5 Å². The lowest BCUT2D eigenvalue weighted by molar-refractivity contribution is -0.0925. The molecule has 0 heterocycles. The summed E-state index contributed by atoms with van der Waals surface area (Å²) in [6.07, 6.45) is 12.5. The first-order valence-corrected chi connectivity index (χ1v) is 9.16. The Morgan fingerprint density at radius 2 is 2.12 bits per heavy atom. The second-order valence-electron chi connectivity index (χ2n) is 7.90. The summed E-state index contributed by atoms with van der Waals surface area (Å²) in [6, 6.07) is 5.79. The SMILES string of the molecule is C#C[C@]1(O)C(Cl)=CC[C@H]2[C@@H]3CCc4cc(O)ccc4[C@H]3CC[C@@]21C. The summed E-state index contributed by atoms with van der Waals surface area (Å²) in [4.78, 5) is 0. The lowest BCUT2D eigenvalue weighted by atomic mass is 9.48. The molecule has 1 saturated carbocycles. The predicted molar refractivity (Wildman–Crippen MR) is 95.8 cm³/mol. The lowest BCUT2D eigenvalue weighted by Gasteiger charge is -2.58. The average Bonchev–Trinajstić information content (AvgIpc) is 2.58. The van der Waals surface area contributed by atoms with Crippen LogP contribution in [0.2, 0.25) is 0 Å². The standard InChI is InChI=1S/C21H23ClO2/c1-3-21(24)19(22)9-8-18-17-6-4-13-12-14(23)5-7-15(13)16(17)10-11-20(18,21)2/h1,5,7,9,12,16-18,23-24H,4,6,8,10-11H2,2H3/t16-,17-,18+,20+,21+/m1/s1. The highest BCUT2D eigenvalue weighted by molar-refractivity contribution is 6.31. The molecule has 0 unspecified atom stereocenters. The van der Waals surface area contributed by atoms with E-state index < -0.39 is 5.60 Å². The Hall–Kier alpha value is -1.43. The number of hydrogen-bond acceptors (Lipinski definition) is 2. The molecule has 0 radical (unpaired) electrons. The van der Waals surface area contributed by atoms with E-state index in [-0.39, 0.29) is 5.41 Å². The fourth-order valence-electron chi connectivity index (χ4n) is 5.66. The molecule has 0 aromatic heterocycles. The van der Waals surface area contributed by atoms with Crippen LogP contribution >= 0.6 is 11.6 Å². The van der Waals surface area contributed by atoms with Crippen molar-refractivity contribution >= 4 is 11.6 Å². The van der Waals surface area contributed by atoms with Crippen LogP contribution < -0.4 is 0 Å². The van der Waals surface area contributed by atoms with Gasteiger partial charge in [0.1, 0.15) is 5.75 Å². The number of benzene rings is 1. The number of aliphatic hydroxyl groups is 1. The summed E-state index contributed by atoms with van der Waals surface area (Å²) >= 11 is 6.35. The van der Waals surface area contributed by atoms with E-state index in [0.717, 1.165) is 32.1 Å². The molecule has 5 atom stereocenters. The largest absolute Gasteiger partial charge is 0.508 e. The van der Waals surface area contributed by atoms with Crippen LogP contribution in [0.5, 0.6) is 5.75 Å². The van der Waals surface area contributed by atoms with Crippen LogP contribution in [0.4, 0.5) is 0 Å². The molecule has 0 aliphatic heterocycles. The van der Waals surface area contributed by atoms with Crippen LogP contribution in [0.1, 0.15) is 49.7 Å². The number of aryl methyl sites for hydroxylation is 1. The number of terminal acetylenes is 1. The predicted octanol–water partition coefficient (Wildman–Crippen LogP) is 4.35. The van der Waals surface area contributed by atoms with Crippen molar-refractivity contribution in [1.82, 2.24) is 0 Å². The van der Waals surface area contributed by atoms with E-state index in [1.54, 1.807) is 6.07 Å². The van der Waals surface area contributed by atoms with Gasteiger partial charge in [0.15, 0.2) is 5.60 Å². The fourth-order valence-corrected chi connectivity index (χ4v) is 6.02. The Morgan fingerprint density at radius 3 is 2.88 bits per heavy atom. The van der Waals surface area contributed by atoms with Gasteiger partial charge in [0.2, 0.25) is 0 Å². The smallest absolute Gasteiger partial charge is 0.166 e. The molecule has 126 valence electrons. The van der Waals surface area contributed by atoms with Crippen molar-refractivity contribution in [2.24, 2.45) is 17.3 Å². The Kier molecular flexibility index (Phi) is 3.53. The van der Waals surface area contributed by atoms with Crippen LogP contribution in [0.3, 0.4) is 0 Å². The number of rotatable bonds is 0. The third-order valence-corrected chi connectivity index (χ3v) is 7.46. The van der Waals surface area contributed by atoms with Crippen LogP contribution in [0.25, 0.3) is 0 Å². The molecule has 1 aromatic carbocycles. The number of hydrogen-bond donors (Lipinski definition) is 2. The van der Waals surface area contributed by atoms with Crippen molar-refractivity contribution in [1.29, 1.82) is 0 Å². The van der Waals surface area contributed by atoms with Crippen molar-refractivity contribution in [3.05, 3.63) is 40.4 Å². The molecule has 2 nitrogen and oxygen atoms in total. The van der Waals surface area contributed by atoms with Crippen LogP contribution in [0.15, 0.2) is 29.3 Å². The first kappa shape index (κ1) is 16.1. The van der Waals surface area contributed by atoms with Gasteiger partial charge in [-0.3, -0.25) is 0 Å². The quantitative estimate of drug-likeness (QED) is 0.688. The normalized spacial score (nSPS) is 40.6. The highest BCUT2D eigenvalue weighted by Gasteiger charge is 2.59. The highest BCUT2D eigenvalue weighted by atomic mass is 35.5. The first-order chi connectivity index (χ1) is 11.4. The first-order valence-electron chi connectivity index (χ1n) is 8.79. The van der Waals surface area contributed by atoms with Crippen molar-refractivity contribution in [3.63, 3.8) is 0 Å². The van der Waals surface area contributed by atoms with Crippen LogP contribution in [-0.2, 0) is 6.42 Å². The van der Waals surface area contributed by atoms with Crippen molar-refractivity contribution in [2.45, 2.75) is 50.5 Å². The number of phenolic OH excluding ortho intramolecular Hbond substituents is 1. The van der Waals surface area contributed by atoms with Crippen molar-refractivity contribution in [3.8, 4) is 18.1 Å². The van der Waals surface area contributed by atoms with Gasteiger partial charge >= 0.3 is 0 Å². The molecule has 2 N–H and O–H groups in total. The Morgan fingerprint density at radius 1 is 1.33 bits per heavy atom. The van der Waals surface area contributed by atoms with Gasteiger partial charge in [0.25, 0.3) is 0 Å². The molecule has 3 aliphatic carbocycles. The zero-order chi connectivity index (χ0) is 17.1. The van der Waals surface area contributed by atoms with Crippen LogP contribution in [0, 0.1) is 29.6 Å². The maximum absolute atomic E-state index is 11.2. The molecule has 1 fully saturated rings. The monoisotopic (exact) mass is 342 g/mol. The minimum atomic E-state index is -1.35. The molecule has 3 aliphatic rings. The lowest BCUT2D eigenvalue weighted by Crippen LogP contribution is -2.57. The maximum Gasteiger partial charge on any atom is 0.166 e. The number of halogens is 1. The molecule has 0 spiro atoms. The van der Waals surface area contributed by atoms with Gasteiger partial charge in [-0.1, -0.05) is 36.6 Å². The highest BCUT2D eigenvalue weighted by Crippen LogP contribution is 2.62. The van der Waals surface area contributed by atoms with Gasteiger partial charge < -0.3 is 10.2 Å². The third-order valence-electron chi connectivity index (χ3n) is 7.03. The molecule has 4 rings (SSSR count). The van der Waals surface area contributed by atoms with Crippen molar-refractivity contribution in [2.75, 3.05) is 0 Å². The van der Waals surface area contributed by atoms with Crippen molar-refractivity contribution < 1.29 is 10.2 Å². The third kappa shape index (κ3) is 1.95. The molecule has 0 bridgehead atoms. The second kappa shape index (κ2) is 5.28. The summed E-state index contributed by atoms with van der Waals surface area (Å²) in [7, 11) is 0. The van der Waals surface area contributed by atoms with E-state index in [4.69, 9.17) is 18.0 Å². The molecule has 0 amide bonds. The summed E-state index contributed by atoms with van der Waals surface area (Å²) in [5.74, 6) is 4.29. The van der Waals surface area contributed by atoms with Crippen LogP contribution in [-0.4, -0.2) is 15.8 Å². The Labute approximate surface area is 148 Å². The number of fused-ring (bicyclic) bond motifs is 5. The molecule has 1 aromatic rings. The minimum absolute atomic E-state index is 0.335. The summed E-state index contributed by atoms with van der Waals surface area (Å²) < 4.78 is 0. The summed E-state index contributed by atoms with van der Waals surface area (Å²) in [5, 5.41) is 21.3. The van der Waals surface area contributed by atoms with Gasteiger partial charge in [-0.25, -0.2) is 0 Å². The zero-order valence-corrected chi connectivity index (χ0v) is 14.7. The van der Waals surface area contributed by atoms with Gasteiger partial charge in [-0.05, 0) is 73.1 Å². The minimum Gasteiger partial charge on any atom is -0.508 e. The average molecular weight is 343 g/mol. The second-order valence-corrected chi connectivity index (χ2v) is 8.30. The van der Waals surface area contributed by atoms with E-state index in [2.05, 4.69) is 18.9 Å². The van der Waals surface area contributed by atoms with E-state index in [9.17, 15) is 10.2 Å². The van der Waals surface area contributed by atoms with E-state index in [1.807, 2.05) is 12.1 Å². The summed E-state index contributed by atoms with van der Waals surface area (Å²) in [5.41, 5.74) is 0.924. The summed E-state index contributed by atoms with van der Waals surface area (Å²) in [6.45, 7) is 2.12. The van der Waals surface area contributed by atoms with Gasteiger partial charge in [-0.15, -0.1) is 6.42 Å². The molecule has 3 heteroatoms.